The largest absolute Gasteiger partial charge is 0.387 e. The van der Waals surface area contributed by atoms with Gasteiger partial charge >= 0.3 is 0 Å². The SMILES string of the molecule is Cc1cc(C(=O)N2CC(n3cc(C(C)O)nn3)C2)c(C)n1C1CC1. The molecule has 128 valence electrons. The highest BCUT2D eigenvalue weighted by Gasteiger charge is 2.36. The lowest BCUT2D eigenvalue weighted by Gasteiger charge is -2.38. The molecule has 1 aliphatic carbocycles. The number of hydrogen-bond acceptors (Lipinski definition) is 4. The van der Waals surface area contributed by atoms with E-state index in [1.807, 2.05) is 17.9 Å². The molecule has 1 saturated carbocycles. The van der Waals surface area contributed by atoms with E-state index >= 15 is 0 Å². The van der Waals surface area contributed by atoms with E-state index in [0.29, 0.717) is 24.8 Å². The van der Waals surface area contributed by atoms with Gasteiger partial charge in [0.2, 0.25) is 0 Å². The number of rotatable bonds is 4. The van der Waals surface area contributed by atoms with Crippen molar-refractivity contribution in [3.05, 3.63) is 34.9 Å². The third-order valence-electron chi connectivity index (χ3n) is 5.11. The van der Waals surface area contributed by atoms with Crippen LogP contribution in [0.3, 0.4) is 0 Å². The normalized spacial score (nSPS) is 19.4. The van der Waals surface area contributed by atoms with Crippen molar-refractivity contribution in [2.24, 2.45) is 0 Å². The quantitative estimate of drug-likeness (QED) is 0.928. The van der Waals surface area contributed by atoms with Gasteiger partial charge in [-0.25, -0.2) is 4.68 Å². The zero-order valence-electron chi connectivity index (χ0n) is 14.3. The summed E-state index contributed by atoms with van der Waals surface area (Å²) in [5.74, 6) is 0.0992. The van der Waals surface area contributed by atoms with Crippen LogP contribution in [-0.4, -0.2) is 48.6 Å². The second kappa shape index (κ2) is 5.44. The fourth-order valence-corrected chi connectivity index (χ4v) is 3.51. The molecule has 2 fully saturated rings. The van der Waals surface area contributed by atoms with Gasteiger partial charge in [-0.3, -0.25) is 4.79 Å². The monoisotopic (exact) mass is 329 g/mol. The summed E-state index contributed by atoms with van der Waals surface area (Å²) in [5, 5.41) is 17.5. The molecule has 0 spiro atoms. The molecule has 2 aliphatic rings. The molecule has 0 radical (unpaired) electrons. The van der Waals surface area contributed by atoms with Crippen LogP contribution in [0.5, 0.6) is 0 Å². The average molecular weight is 329 g/mol. The number of aliphatic hydroxyl groups is 1. The highest BCUT2D eigenvalue weighted by molar-refractivity contribution is 5.96. The Hall–Kier alpha value is -2.15. The van der Waals surface area contributed by atoms with Crippen LogP contribution in [0.2, 0.25) is 0 Å². The predicted octanol–water partition coefficient (Wildman–Crippen LogP) is 1.78. The van der Waals surface area contributed by atoms with Crippen molar-refractivity contribution in [3.63, 3.8) is 0 Å². The number of aromatic nitrogens is 4. The molecular weight excluding hydrogens is 306 g/mol. The summed E-state index contributed by atoms with van der Waals surface area (Å²) in [4.78, 5) is 14.6. The lowest BCUT2D eigenvalue weighted by atomic mass is 10.1. The molecule has 24 heavy (non-hydrogen) atoms. The second-order valence-electron chi connectivity index (χ2n) is 7.05. The van der Waals surface area contributed by atoms with Gasteiger partial charge in [0.1, 0.15) is 5.69 Å². The topological polar surface area (TPSA) is 76.2 Å². The zero-order valence-corrected chi connectivity index (χ0v) is 14.3. The Labute approximate surface area is 140 Å². The molecule has 1 unspecified atom stereocenters. The number of amides is 1. The van der Waals surface area contributed by atoms with Gasteiger partial charge in [0.15, 0.2) is 0 Å². The van der Waals surface area contributed by atoms with Crippen molar-refractivity contribution in [1.29, 1.82) is 0 Å². The first kappa shape index (κ1) is 15.4. The van der Waals surface area contributed by atoms with Gasteiger partial charge in [-0.05, 0) is 39.7 Å². The van der Waals surface area contributed by atoms with Crippen molar-refractivity contribution >= 4 is 5.91 Å². The van der Waals surface area contributed by atoms with E-state index in [4.69, 9.17) is 0 Å². The van der Waals surface area contributed by atoms with E-state index in [1.165, 1.54) is 18.5 Å². The highest BCUT2D eigenvalue weighted by atomic mass is 16.3. The number of nitrogens with zero attached hydrogens (tertiary/aromatic N) is 5. The number of carbonyl (C=O) groups is 1. The van der Waals surface area contributed by atoms with Crippen LogP contribution in [0.1, 0.15) is 65.4 Å². The van der Waals surface area contributed by atoms with Crippen LogP contribution in [0.25, 0.3) is 0 Å². The summed E-state index contributed by atoms with van der Waals surface area (Å²) >= 11 is 0. The van der Waals surface area contributed by atoms with Gasteiger partial charge in [-0.2, -0.15) is 0 Å². The second-order valence-corrected chi connectivity index (χ2v) is 7.05. The van der Waals surface area contributed by atoms with Gasteiger partial charge in [0, 0.05) is 30.5 Å². The molecule has 1 atom stereocenters. The molecule has 1 N–H and O–H groups in total. The van der Waals surface area contributed by atoms with Gasteiger partial charge in [0.25, 0.3) is 5.91 Å². The molecular formula is C17H23N5O2. The van der Waals surface area contributed by atoms with Crippen molar-refractivity contribution < 1.29 is 9.90 Å². The fourth-order valence-electron chi connectivity index (χ4n) is 3.51. The number of hydrogen-bond donors (Lipinski definition) is 1. The van der Waals surface area contributed by atoms with Crippen LogP contribution in [-0.2, 0) is 0 Å². The molecule has 3 heterocycles. The molecule has 1 amide bonds. The minimum atomic E-state index is -0.621. The maximum atomic E-state index is 12.8. The first-order valence-corrected chi connectivity index (χ1v) is 8.53. The van der Waals surface area contributed by atoms with E-state index in [0.717, 1.165) is 11.3 Å². The molecule has 7 nitrogen and oxygen atoms in total. The van der Waals surface area contributed by atoms with Crippen molar-refractivity contribution in [1.82, 2.24) is 24.5 Å². The number of aliphatic hydroxyl groups excluding tert-OH is 1. The number of aryl methyl sites for hydroxylation is 1. The fraction of sp³-hybridized carbons (Fsp3) is 0.588. The Morgan fingerprint density at radius 2 is 2.00 bits per heavy atom. The highest BCUT2D eigenvalue weighted by Crippen LogP contribution is 2.38. The van der Waals surface area contributed by atoms with E-state index < -0.39 is 6.10 Å². The number of likely N-dealkylation sites (tertiary alicyclic amines) is 1. The van der Waals surface area contributed by atoms with Crippen molar-refractivity contribution in [3.8, 4) is 0 Å². The first-order chi connectivity index (χ1) is 11.5. The zero-order chi connectivity index (χ0) is 17.0. The van der Waals surface area contributed by atoms with E-state index in [2.05, 4.69) is 21.8 Å². The standard InChI is InChI=1S/C17H23N5O2/c1-10-6-15(11(2)22(10)13-4-5-13)17(24)20-7-14(8-20)21-9-16(12(3)23)18-19-21/h6,9,12-14,23H,4-5,7-8H2,1-3H3. The van der Waals surface area contributed by atoms with Gasteiger partial charge in [-0.1, -0.05) is 5.21 Å². The summed E-state index contributed by atoms with van der Waals surface area (Å²) < 4.78 is 4.05. The van der Waals surface area contributed by atoms with Crippen molar-refractivity contribution in [2.45, 2.75) is 51.8 Å². The van der Waals surface area contributed by atoms with Gasteiger partial charge < -0.3 is 14.6 Å². The summed E-state index contributed by atoms with van der Waals surface area (Å²) in [5.41, 5.74) is 3.64. The Morgan fingerprint density at radius 1 is 1.29 bits per heavy atom. The Morgan fingerprint density at radius 3 is 2.58 bits per heavy atom. The predicted molar refractivity (Wildman–Crippen MR) is 87.8 cm³/mol. The minimum Gasteiger partial charge on any atom is -0.387 e. The van der Waals surface area contributed by atoms with Crippen molar-refractivity contribution in [2.75, 3.05) is 13.1 Å². The molecule has 2 aromatic rings. The first-order valence-electron chi connectivity index (χ1n) is 8.53. The van der Waals surface area contributed by atoms with Gasteiger partial charge in [-0.15, -0.1) is 5.10 Å². The molecule has 0 aromatic carbocycles. The lowest BCUT2D eigenvalue weighted by Crippen LogP contribution is -2.51. The smallest absolute Gasteiger partial charge is 0.255 e. The Bertz CT molecular complexity index is 781. The van der Waals surface area contributed by atoms with E-state index in [-0.39, 0.29) is 11.9 Å². The van der Waals surface area contributed by atoms with Crippen LogP contribution in [0, 0.1) is 13.8 Å². The lowest BCUT2D eigenvalue weighted by molar-refractivity contribution is 0.0497. The minimum absolute atomic E-state index is 0.0992. The molecule has 2 aromatic heterocycles. The van der Waals surface area contributed by atoms with Crippen LogP contribution < -0.4 is 0 Å². The summed E-state index contributed by atoms with van der Waals surface area (Å²) in [6.07, 6.45) is 3.57. The maximum Gasteiger partial charge on any atom is 0.255 e. The summed E-state index contributed by atoms with van der Waals surface area (Å²) in [6, 6.07) is 2.75. The van der Waals surface area contributed by atoms with E-state index in [1.54, 1.807) is 17.8 Å². The molecule has 0 bridgehead atoms. The van der Waals surface area contributed by atoms with Crippen LogP contribution >= 0.6 is 0 Å². The Balaban J connectivity index is 1.45. The molecule has 1 saturated heterocycles. The van der Waals surface area contributed by atoms with Gasteiger partial charge in [0.05, 0.1) is 23.9 Å². The maximum absolute atomic E-state index is 12.8. The molecule has 4 rings (SSSR count). The average Bonchev–Trinajstić information content (AvgIpc) is 3.10. The third-order valence-corrected chi connectivity index (χ3v) is 5.11. The summed E-state index contributed by atoms with van der Waals surface area (Å²) in [6.45, 7) is 7.06. The third kappa shape index (κ3) is 2.43. The van der Waals surface area contributed by atoms with Crippen LogP contribution in [0.15, 0.2) is 12.3 Å². The Kier molecular flexibility index (Phi) is 3.49. The van der Waals surface area contributed by atoms with Crippen LogP contribution in [0.4, 0.5) is 0 Å². The molecule has 1 aliphatic heterocycles. The molecule has 7 heteroatoms. The van der Waals surface area contributed by atoms with E-state index in [9.17, 15) is 9.90 Å². The number of carbonyl (C=O) groups excluding carboxylic acids is 1. The summed E-state index contributed by atoms with van der Waals surface area (Å²) in [7, 11) is 0.